The standard InChI is InChI=1S/C15H22N4O2/c1-12(20)19(10-13-5-3-7-17-9-13)14-6-4-8-18(11-14)15(21)16-2/h3,5,7,9,14H,4,6,8,10-11H2,1-2H3,(H,16,21). The minimum absolute atomic E-state index is 0.0302. The van der Waals surface area contributed by atoms with Gasteiger partial charge in [-0.3, -0.25) is 9.78 Å². The molecule has 1 fully saturated rings. The van der Waals surface area contributed by atoms with Crippen molar-refractivity contribution >= 4 is 11.9 Å². The van der Waals surface area contributed by atoms with Crippen molar-refractivity contribution in [3.05, 3.63) is 30.1 Å². The molecule has 6 heteroatoms. The largest absolute Gasteiger partial charge is 0.341 e. The van der Waals surface area contributed by atoms with Crippen LogP contribution >= 0.6 is 0 Å². The molecule has 6 nitrogen and oxygen atoms in total. The molecule has 0 aliphatic carbocycles. The number of urea groups is 1. The van der Waals surface area contributed by atoms with Crippen molar-refractivity contribution in [3.63, 3.8) is 0 Å². The summed E-state index contributed by atoms with van der Waals surface area (Å²) in [5.74, 6) is 0.0302. The van der Waals surface area contributed by atoms with Gasteiger partial charge in [-0.1, -0.05) is 6.07 Å². The number of aromatic nitrogens is 1. The number of hydrogen-bond donors (Lipinski definition) is 1. The lowest BCUT2D eigenvalue weighted by Crippen LogP contribution is -2.52. The Morgan fingerprint density at radius 1 is 1.52 bits per heavy atom. The molecule has 0 bridgehead atoms. The van der Waals surface area contributed by atoms with Gasteiger partial charge >= 0.3 is 6.03 Å². The Kier molecular flexibility index (Phi) is 5.14. The molecule has 21 heavy (non-hydrogen) atoms. The van der Waals surface area contributed by atoms with Gasteiger partial charge in [0.25, 0.3) is 0 Å². The lowest BCUT2D eigenvalue weighted by molar-refractivity contribution is -0.132. The number of hydrogen-bond acceptors (Lipinski definition) is 3. The SMILES string of the molecule is CNC(=O)N1CCCC(N(Cc2cccnc2)C(C)=O)C1. The summed E-state index contributed by atoms with van der Waals surface area (Å²) in [5, 5.41) is 2.65. The molecule has 1 aliphatic rings. The van der Waals surface area contributed by atoms with Gasteiger partial charge in [0.15, 0.2) is 0 Å². The summed E-state index contributed by atoms with van der Waals surface area (Å²) in [6, 6.07) is 3.81. The number of carbonyl (C=O) groups excluding carboxylic acids is 2. The van der Waals surface area contributed by atoms with Gasteiger partial charge in [-0.25, -0.2) is 4.79 Å². The van der Waals surface area contributed by atoms with Crippen LogP contribution in [0, 0.1) is 0 Å². The third kappa shape index (κ3) is 3.93. The molecular weight excluding hydrogens is 268 g/mol. The highest BCUT2D eigenvalue weighted by atomic mass is 16.2. The highest BCUT2D eigenvalue weighted by Crippen LogP contribution is 2.18. The first-order chi connectivity index (χ1) is 10.1. The minimum atomic E-state index is -0.0791. The number of carbonyl (C=O) groups is 2. The Labute approximate surface area is 125 Å². The maximum Gasteiger partial charge on any atom is 0.317 e. The highest BCUT2D eigenvalue weighted by molar-refractivity contribution is 5.75. The molecule has 0 spiro atoms. The maximum atomic E-state index is 12.0. The van der Waals surface area contributed by atoms with E-state index in [1.54, 1.807) is 31.3 Å². The molecule has 1 N–H and O–H groups in total. The first-order valence-corrected chi connectivity index (χ1v) is 7.24. The van der Waals surface area contributed by atoms with Crippen LogP contribution in [-0.4, -0.2) is 52.9 Å². The number of amides is 3. The third-order valence-electron chi connectivity index (χ3n) is 3.82. The number of piperidine rings is 1. The molecule has 0 radical (unpaired) electrons. The Bertz CT molecular complexity index is 492. The van der Waals surface area contributed by atoms with E-state index in [1.807, 2.05) is 17.0 Å². The van der Waals surface area contributed by atoms with E-state index in [9.17, 15) is 9.59 Å². The van der Waals surface area contributed by atoms with Crippen molar-refractivity contribution in [1.82, 2.24) is 20.1 Å². The van der Waals surface area contributed by atoms with Crippen molar-refractivity contribution in [3.8, 4) is 0 Å². The van der Waals surface area contributed by atoms with Gasteiger partial charge in [0.2, 0.25) is 5.91 Å². The predicted octanol–water partition coefficient (Wildman–Crippen LogP) is 1.23. The molecular formula is C15H22N4O2. The smallest absolute Gasteiger partial charge is 0.317 e. The van der Waals surface area contributed by atoms with Gasteiger partial charge in [0.1, 0.15) is 0 Å². The lowest BCUT2D eigenvalue weighted by atomic mass is 10.0. The highest BCUT2D eigenvalue weighted by Gasteiger charge is 2.28. The zero-order valence-electron chi connectivity index (χ0n) is 12.6. The van der Waals surface area contributed by atoms with Crippen molar-refractivity contribution in [2.75, 3.05) is 20.1 Å². The molecule has 0 saturated carbocycles. The summed E-state index contributed by atoms with van der Waals surface area (Å²) >= 11 is 0. The summed E-state index contributed by atoms with van der Waals surface area (Å²) in [7, 11) is 1.63. The molecule has 114 valence electrons. The number of likely N-dealkylation sites (tertiary alicyclic amines) is 1. The lowest BCUT2D eigenvalue weighted by Gasteiger charge is -2.38. The molecule has 1 atom stereocenters. The molecule has 1 aromatic rings. The molecule has 1 saturated heterocycles. The quantitative estimate of drug-likeness (QED) is 0.910. The van der Waals surface area contributed by atoms with E-state index in [0.29, 0.717) is 13.1 Å². The van der Waals surface area contributed by atoms with E-state index in [-0.39, 0.29) is 18.0 Å². The van der Waals surface area contributed by atoms with E-state index < -0.39 is 0 Å². The number of rotatable bonds is 3. The fourth-order valence-electron chi connectivity index (χ4n) is 2.74. The fraction of sp³-hybridized carbons (Fsp3) is 0.533. The van der Waals surface area contributed by atoms with Crippen LogP contribution in [-0.2, 0) is 11.3 Å². The normalized spacial score (nSPS) is 18.2. The molecule has 3 amide bonds. The summed E-state index contributed by atoms with van der Waals surface area (Å²) < 4.78 is 0. The van der Waals surface area contributed by atoms with E-state index in [4.69, 9.17) is 0 Å². The molecule has 2 heterocycles. The summed E-state index contributed by atoms with van der Waals surface area (Å²) in [6.07, 6.45) is 5.33. The van der Waals surface area contributed by atoms with Gasteiger partial charge in [0, 0.05) is 52.0 Å². The topological polar surface area (TPSA) is 65.5 Å². The van der Waals surface area contributed by atoms with Crippen LogP contribution in [0.15, 0.2) is 24.5 Å². The predicted molar refractivity (Wildman–Crippen MR) is 79.5 cm³/mol. The number of nitrogens with zero attached hydrogens (tertiary/aromatic N) is 3. The van der Waals surface area contributed by atoms with Gasteiger partial charge in [-0.05, 0) is 24.5 Å². The van der Waals surface area contributed by atoms with Gasteiger partial charge in [-0.2, -0.15) is 0 Å². The van der Waals surface area contributed by atoms with Crippen LogP contribution in [0.4, 0.5) is 4.79 Å². The Balaban J connectivity index is 2.07. The van der Waals surface area contributed by atoms with Gasteiger partial charge in [0.05, 0.1) is 0 Å². The zero-order chi connectivity index (χ0) is 15.2. The first kappa shape index (κ1) is 15.3. The Morgan fingerprint density at radius 3 is 2.95 bits per heavy atom. The van der Waals surface area contributed by atoms with E-state index in [0.717, 1.165) is 24.9 Å². The molecule has 0 aromatic carbocycles. The third-order valence-corrected chi connectivity index (χ3v) is 3.82. The fourth-order valence-corrected chi connectivity index (χ4v) is 2.74. The number of nitrogens with one attached hydrogen (secondary N) is 1. The van der Waals surface area contributed by atoms with Crippen molar-refractivity contribution in [2.24, 2.45) is 0 Å². The Hall–Kier alpha value is -2.11. The summed E-state index contributed by atoms with van der Waals surface area (Å²) in [6.45, 7) is 3.44. The summed E-state index contributed by atoms with van der Waals surface area (Å²) in [4.78, 5) is 31.4. The monoisotopic (exact) mass is 290 g/mol. The second-order valence-electron chi connectivity index (χ2n) is 5.31. The van der Waals surface area contributed by atoms with Crippen LogP contribution < -0.4 is 5.32 Å². The van der Waals surface area contributed by atoms with Crippen molar-refractivity contribution in [1.29, 1.82) is 0 Å². The summed E-state index contributed by atoms with van der Waals surface area (Å²) in [5.41, 5.74) is 1.00. The molecule has 2 rings (SSSR count). The second kappa shape index (κ2) is 7.06. The molecule has 1 unspecified atom stereocenters. The van der Waals surface area contributed by atoms with E-state index >= 15 is 0 Å². The van der Waals surface area contributed by atoms with Crippen LogP contribution in [0.5, 0.6) is 0 Å². The number of pyridine rings is 1. The first-order valence-electron chi connectivity index (χ1n) is 7.24. The minimum Gasteiger partial charge on any atom is -0.341 e. The zero-order valence-corrected chi connectivity index (χ0v) is 12.6. The van der Waals surface area contributed by atoms with Crippen LogP contribution in [0.25, 0.3) is 0 Å². The van der Waals surface area contributed by atoms with Crippen molar-refractivity contribution in [2.45, 2.75) is 32.4 Å². The van der Waals surface area contributed by atoms with Crippen LogP contribution in [0.3, 0.4) is 0 Å². The average Bonchev–Trinajstić information content (AvgIpc) is 2.52. The van der Waals surface area contributed by atoms with Gasteiger partial charge in [-0.15, -0.1) is 0 Å². The van der Waals surface area contributed by atoms with E-state index in [2.05, 4.69) is 10.3 Å². The van der Waals surface area contributed by atoms with Crippen LogP contribution in [0.1, 0.15) is 25.3 Å². The average molecular weight is 290 g/mol. The van der Waals surface area contributed by atoms with Gasteiger partial charge < -0.3 is 15.1 Å². The van der Waals surface area contributed by atoms with Crippen molar-refractivity contribution < 1.29 is 9.59 Å². The molecule has 1 aromatic heterocycles. The maximum absolute atomic E-state index is 12.0. The Morgan fingerprint density at radius 2 is 2.33 bits per heavy atom. The van der Waals surface area contributed by atoms with Crippen LogP contribution in [0.2, 0.25) is 0 Å². The molecule has 1 aliphatic heterocycles. The van der Waals surface area contributed by atoms with E-state index in [1.165, 1.54) is 0 Å². The second-order valence-corrected chi connectivity index (χ2v) is 5.31.